The molecule has 0 aliphatic carbocycles. The molecule has 9 heteroatoms. The van der Waals surface area contributed by atoms with Crippen LogP contribution in [0.1, 0.15) is 0 Å². The van der Waals surface area contributed by atoms with Gasteiger partial charge in [0.25, 0.3) is 0 Å². The number of aromatic nitrogens is 4. The van der Waals surface area contributed by atoms with Crippen LogP contribution in [0.3, 0.4) is 0 Å². The zero-order chi connectivity index (χ0) is 23.0. The molecule has 0 fully saturated rings. The summed E-state index contributed by atoms with van der Waals surface area (Å²) in [5.74, 6) is -0.386. The van der Waals surface area contributed by atoms with Crippen molar-refractivity contribution >= 4 is 10.8 Å². The Labute approximate surface area is 185 Å². The number of halogens is 3. The van der Waals surface area contributed by atoms with E-state index in [0.717, 1.165) is 16.5 Å². The molecule has 5 rings (SSSR count). The Hall–Kier alpha value is -4.40. The van der Waals surface area contributed by atoms with E-state index in [0.29, 0.717) is 11.4 Å². The average molecular weight is 448 g/mol. The highest BCUT2D eigenvalue weighted by Crippen LogP contribution is 2.27. The van der Waals surface area contributed by atoms with E-state index in [4.69, 9.17) is 0 Å². The molecule has 0 bridgehead atoms. The molecule has 0 N–H and O–H groups in total. The fourth-order valence-corrected chi connectivity index (χ4v) is 3.62. The summed E-state index contributed by atoms with van der Waals surface area (Å²) in [6, 6.07) is 21.9. The summed E-state index contributed by atoms with van der Waals surface area (Å²) < 4.78 is 44.7. The number of benzene rings is 3. The fraction of sp³-hybridized carbons (Fsp3) is 0.0417. The van der Waals surface area contributed by atoms with Crippen LogP contribution in [-0.4, -0.2) is 25.9 Å². The SMILES string of the molecule is O=c1ccn(-c2cccc(OC(F)(F)F)c2)nc1-c1ccnn1-c1cccc2ccccc12. The van der Waals surface area contributed by atoms with Gasteiger partial charge in [0.2, 0.25) is 5.43 Å². The minimum atomic E-state index is -4.81. The smallest absolute Gasteiger partial charge is 0.406 e. The topological polar surface area (TPSA) is 61.9 Å². The van der Waals surface area contributed by atoms with Gasteiger partial charge < -0.3 is 4.74 Å². The van der Waals surface area contributed by atoms with Gasteiger partial charge in [-0.05, 0) is 29.7 Å². The molecule has 0 saturated heterocycles. The molecule has 2 heterocycles. The average Bonchev–Trinajstić information content (AvgIpc) is 3.27. The number of fused-ring (bicyclic) bond motifs is 1. The minimum absolute atomic E-state index is 0.102. The van der Waals surface area contributed by atoms with E-state index in [-0.39, 0.29) is 16.9 Å². The molecule has 0 amide bonds. The maximum Gasteiger partial charge on any atom is 0.573 e. The van der Waals surface area contributed by atoms with Crippen LogP contribution >= 0.6 is 0 Å². The van der Waals surface area contributed by atoms with E-state index >= 15 is 0 Å². The molecule has 0 spiro atoms. The number of nitrogens with zero attached hydrogens (tertiary/aromatic N) is 4. The second-order valence-corrected chi connectivity index (χ2v) is 7.14. The van der Waals surface area contributed by atoms with Gasteiger partial charge in [-0.25, -0.2) is 9.36 Å². The monoisotopic (exact) mass is 448 g/mol. The lowest BCUT2D eigenvalue weighted by Crippen LogP contribution is -2.17. The van der Waals surface area contributed by atoms with Gasteiger partial charge in [-0.2, -0.15) is 10.2 Å². The molecule has 164 valence electrons. The summed E-state index contributed by atoms with van der Waals surface area (Å²) in [7, 11) is 0. The highest BCUT2D eigenvalue weighted by atomic mass is 19.4. The van der Waals surface area contributed by atoms with Gasteiger partial charge >= 0.3 is 6.36 Å². The Kier molecular flexibility index (Phi) is 4.93. The molecule has 0 atom stereocenters. The van der Waals surface area contributed by atoms with Gasteiger partial charge in [-0.15, -0.1) is 13.2 Å². The van der Waals surface area contributed by atoms with E-state index < -0.39 is 6.36 Å². The normalized spacial score (nSPS) is 11.6. The van der Waals surface area contributed by atoms with Crippen LogP contribution in [0.4, 0.5) is 13.2 Å². The highest BCUT2D eigenvalue weighted by molar-refractivity contribution is 5.90. The number of hydrogen-bond donors (Lipinski definition) is 0. The maximum absolute atomic E-state index is 12.7. The van der Waals surface area contributed by atoms with E-state index in [1.165, 1.54) is 35.1 Å². The molecule has 0 aliphatic heterocycles. The second-order valence-electron chi connectivity index (χ2n) is 7.14. The van der Waals surface area contributed by atoms with Crippen LogP contribution in [0.5, 0.6) is 5.75 Å². The van der Waals surface area contributed by atoms with E-state index in [9.17, 15) is 18.0 Å². The predicted molar refractivity (Wildman–Crippen MR) is 117 cm³/mol. The van der Waals surface area contributed by atoms with Crippen molar-refractivity contribution in [1.29, 1.82) is 0 Å². The van der Waals surface area contributed by atoms with Gasteiger partial charge in [0.15, 0.2) is 5.69 Å². The largest absolute Gasteiger partial charge is 0.573 e. The lowest BCUT2D eigenvalue weighted by molar-refractivity contribution is -0.274. The standard InChI is InChI=1S/C24H15F3N4O2/c25-24(26,27)33-18-8-4-7-17(15-18)30-14-12-22(32)23(29-30)21-11-13-28-31(21)20-10-3-6-16-5-1-2-9-19(16)20/h1-15H. The molecule has 0 unspecified atom stereocenters. The molecule has 0 aliphatic rings. The predicted octanol–water partition coefficient (Wildman–Crippen LogP) is 5.14. The molecule has 0 radical (unpaired) electrons. The summed E-state index contributed by atoms with van der Waals surface area (Å²) in [5, 5.41) is 10.7. The van der Waals surface area contributed by atoms with Crippen LogP contribution in [0.25, 0.3) is 33.5 Å². The van der Waals surface area contributed by atoms with E-state index in [1.807, 2.05) is 42.5 Å². The summed E-state index contributed by atoms with van der Waals surface area (Å²) in [4.78, 5) is 12.7. The van der Waals surface area contributed by atoms with Gasteiger partial charge in [-0.1, -0.05) is 42.5 Å². The number of hydrogen-bond acceptors (Lipinski definition) is 4. The van der Waals surface area contributed by atoms with Crippen molar-refractivity contribution in [3.63, 3.8) is 0 Å². The second kappa shape index (κ2) is 7.94. The molecule has 3 aromatic carbocycles. The summed E-state index contributed by atoms with van der Waals surface area (Å²) in [6.07, 6.45) is -1.86. The summed E-state index contributed by atoms with van der Waals surface area (Å²) >= 11 is 0. The first-order valence-electron chi connectivity index (χ1n) is 9.88. The zero-order valence-corrected chi connectivity index (χ0v) is 16.9. The third kappa shape index (κ3) is 4.08. The Balaban J connectivity index is 1.61. The maximum atomic E-state index is 12.7. The van der Waals surface area contributed by atoms with Crippen LogP contribution in [0.2, 0.25) is 0 Å². The summed E-state index contributed by atoms with van der Waals surface area (Å²) in [5.41, 5.74) is 1.27. The molecular formula is C24H15F3N4O2. The van der Waals surface area contributed by atoms with Crippen molar-refractivity contribution in [1.82, 2.24) is 19.6 Å². The van der Waals surface area contributed by atoms with Gasteiger partial charge in [0.05, 0.1) is 23.3 Å². The third-order valence-corrected chi connectivity index (χ3v) is 5.00. The van der Waals surface area contributed by atoms with Gasteiger partial charge in [0, 0.05) is 23.7 Å². The van der Waals surface area contributed by atoms with Crippen molar-refractivity contribution in [2.45, 2.75) is 6.36 Å². The van der Waals surface area contributed by atoms with E-state index in [2.05, 4.69) is 14.9 Å². The fourth-order valence-electron chi connectivity index (χ4n) is 3.62. The first-order valence-corrected chi connectivity index (χ1v) is 9.88. The number of alkyl halides is 3. The molecule has 2 aromatic heterocycles. The van der Waals surface area contributed by atoms with Crippen molar-refractivity contribution in [2.24, 2.45) is 0 Å². The molecule has 6 nitrogen and oxygen atoms in total. The first kappa shape index (κ1) is 20.5. The van der Waals surface area contributed by atoms with Gasteiger partial charge in [0.1, 0.15) is 5.75 Å². The quantitative estimate of drug-likeness (QED) is 0.382. The number of ether oxygens (including phenoxy) is 1. The Bertz CT molecular complexity index is 1520. The van der Waals surface area contributed by atoms with Crippen LogP contribution in [0.15, 0.2) is 96.1 Å². The van der Waals surface area contributed by atoms with Crippen molar-refractivity contribution in [3.8, 4) is 28.5 Å². The zero-order valence-electron chi connectivity index (χ0n) is 16.9. The number of rotatable bonds is 4. The van der Waals surface area contributed by atoms with Gasteiger partial charge in [-0.3, -0.25) is 4.79 Å². The first-order chi connectivity index (χ1) is 15.9. The molecule has 33 heavy (non-hydrogen) atoms. The van der Waals surface area contributed by atoms with Crippen LogP contribution in [0, 0.1) is 0 Å². The van der Waals surface area contributed by atoms with Crippen molar-refractivity contribution in [2.75, 3.05) is 0 Å². The van der Waals surface area contributed by atoms with Crippen LogP contribution < -0.4 is 10.2 Å². The molecule has 0 saturated carbocycles. The Morgan fingerprint density at radius 2 is 1.67 bits per heavy atom. The third-order valence-electron chi connectivity index (χ3n) is 5.00. The Morgan fingerprint density at radius 3 is 2.52 bits per heavy atom. The highest BCUT2D eigenvalue weighted by Gasteiger charge is 2.31. The Morgan fingerprint density at radius 1 is 0.879 bits per heavy atom. The van der Waals surface area contributed by atoms with Crippen LogP contribution in [-0.2, 0) is 0 Å². The molecular weight excluding hydrogens is 433 g/mol. The summed E-state index contributed by atoms with van der Waals surface area (Å²) in [6.45, 7) is 0. The van der Waals surface area contributed by atoms with Crippen molar-refractivity contribution < 1.29 is 17.9 Å². The van der Waals surface area contributed by atoms with E-state index in [1.54, 1.807) is 23.0 Å². The lowest BCUT2D eigenvalue weighted by atomic mass is 10.1. The van der Waals surface area contributed by atoms with Crippen molar-refractivity contribution in [3.05, 3.63) is 101 Å². The molecule has 5 aromatic rings. The minimum Gasteiger partial charge on any atom is -0.406 e. The lowest BCUT2D eigenvalue weighted by Gasteiger charge is -2.13.